The Labute approximate surface area is 104 Å². The molecule has 0 saturated carbocycles. The van der Waals surface area contributed by atoms with E-state index in [1.807, 2.05) is 6.07 Å². The molecule has 1 heterocycles. The third-order valence-corrected chi connectivity index (χ3v) is 2.92. The molecule has 0 bridgehead atoms. The number of nitrogens with zero attached hydrogens (tertiary/aromatic N) is 1. The van der Waals surface area contributed by atoms with Crippen molar-refractivity contribution < 1.29 is 4.84 Å². The third-order valence-electron chi connectivity index (χ3n) is 2.92. The van der Waals surface area contributed by atoms with Gasteiger partial charge in [0.05, 0.1) is 6.54 Å². The third kappa shape index (κ3) is 4.33. The molecule has 1 saturated heterocycles. The number of benzene rings is 1. The maximum Gasteiger partial charge on any atom is 0.155 e. The van der Waals surface area contributed by atoms with E-state index in [2.05, 4.69) is 49.3 Å². The first-order valence-corrected chi connectivity index (χ1v) is 6.36. The van der Waals surface area contributed by atoms with Gasteiger partial charge in [-0.05, 0) is 38.7 Å². The standard InChI is InChI=1S/C15H21NO/c1-13(2)8-6-7-11-15-16(17-15)12-14-9-4-3-5-10-14/h3-5,8-10,15H,6-7,11-12H2,1-2H3. The molecular weight excluding hydrogens is 210 g/mol. The normalized spacial score (nSPS) is 22.2. The molecule has 17 heavy (non-hydrogen) atoms. The number of hydrogen-bond acceptors (Lipinski definition) is 2. The highest BCUT2D eigenvalue weighted by molar-refractivity contribution is 5.14. The average molecular weight is 231 g/mol. The van der Waals surface area contributed by atoms with E-state index >= 15 is 0 Å². The highest BCUT2D eigenvalue weighted by atomic mass is 16.8. The molecule has 0 aromatic heterocycles. The van der Waals surface area contributed by atoms with E-state index in [4.69, 9.17) is 4.84 Å². The summed E-state index contributed by atoms with van der Waals surface area (Å²) in [5.74, 6) is 0. The zero-order valence-electron chi connectivity index (χ0n) is 10.7. The van der Waals surface area contributed by atoms with Gasteiger partial charge in [-0.1, -0.05) is 42.0 Å². The quantitative estimate of drug-likeness (QED) is 0.419. The summed E-state index contributed by atoms with van der Waals surface area (Å²) in [4.78, 5) is 5.54. The second kappa shape index (κ2) is 5.99. The van der Waals surface area contributed by atoms with Crippen LogP contribution in [0.25, 0.3) is 0 Å². The van der Waals surface area contributed by atoms with E-state index < -0.39 is 0 Å². The smallest absolute Gasteiger partial charge is 0.155 e. The maximum atomic E-state index is 5.54. The zero-order valence-corrected chi connectivity index (χ0v) is 10.7. The Kier molecular flexibility index (Phi) is 4.35. The van der Waals surface area contributed by atoms with E-state index in [1.165, 1.54) is 24.0 Å². The Morgan fingerprint density at radius 1 is 1.29 bits per heavy atom. The summed E-state index contributed by atoms with van der Waals surface area (Å²) in [6, 6.07) is 10.5. The lowest BCUT2D eigenvalue weighted by molar-refractivity contribution is 0.191. The van der Waals surface area contributed by atoms with Crippen LogP contribution in [-0.4, -0.2) is 11.3 Å². The molecule has 1 aliphatic heterocycles. The SMILES string of the molecule is CC(C)=CCCCC1ON1Cc1ccccc1. The van der Waals surface area contributed by atoms with Crippen molar-refractivity contribution in [3.8, 4) is 0 Å². The van der Waals surface area contributed by atoms with Crippen molar-refractivity contribution in [1.82, 2.24) is 5.06 Å². The van der Waals surface area contributed by atoms with Crippen LogP contribution in [-0.2, 0) is 11.4 Å². The van der Waals surface area contributed by atoms with E-state index in [-0.39, 0.29) is 0 Å². The Bertz CT molecular complexity index is 368. The van der Waals surface area contributed by atoms with Crippen LogP contribution in [0.5, 0.6) is 0 Å². The van der Waals surface area contributed by atoms with Gasteiger partial charge in [-0.15, -0.1) is 0 Å². The molecule has 1 aromatic rings. The molecule has 2 atom stereocenters. The molecule has 2 nitrogen and oxygen atoms in total. The second-order valence-corrected chi connectivity index (χ2v) is 4.83. The van der Waals surface area contributed by atoms with E-state index in [9.17, 15) is 0 Å². The molecule has 0 aliphatic carbocycles. The molecule has 2 rings (SSSR count). The van der Waals surface area contributed by atoms with Crippen molar-refractivity contribution in [3.05, 3.63) is 47.5 Å². The van der Waals surface area contributed by atoms with Gasteiger partial charge in [-0.2, -0.15) is 5.06 Å². The Balaban J connectivity index is 1.63. The average Bonchev–Trinajstić information content (AvgIpc) is 3.04. The molecule has 0 amide bonds. The highest BCUT2D eigenvalue weighted by Gasteiger charge is 2.35. The van der Waals surface area contributed by atoms with Crippen LogP contribution in [0, 0.1) is 0 Å². The van der Waals surface area contributed by atoms with E-state index in [1.54, 1.807) is 0 Å². The van der Waals surface area contributed by atoms with Gasteiger partial charge in [-0.25, -0.2) is 0 Å². The summed E-state index contributed by atoms with van der Waals surface area (Å²) < 4.78 is 0. The first-order chi connectivity index (χ1) is 8.25. The Morgan fingerprint density at radius 2 is 2.06 bits per heavy atom. The molecular formula is C15H21NO. The van der Waals surface area contributed by atoms with Crippen LogP contribution in [0.4, 0.5) is 0 Å². The molecule has 1 aromatic carbocycles. The van der Waals surface area contributed by atoms with Crippen LogP contribution < -0.4 is 0 Å². The summed E-state index contributed by atoms with van der Waals surface area (Å²) in [7, 11) is 0. The van der Waals surface area contributed by atoms with Crippen LogP contribution >= 0.6 is 0 Å². The predicted octanol–water partition coefficient (Wildman–Crippen LogP) is 3.90. The molecule has 0 spiro atoms. The zero-order chi connectivity index (χ0) is 12.1. The van der Waals surface area contributed by atoms with Gasteiger partial charge in [-0.3, -0.25) is 4.84 Å². The molecule has 1 fully saturated rings. The number of hydrogen-bond donors (Lipinski definition) is 0. The minimum absolute atomic E-state index is 0.348. The second-order valence-electron chi connectivity index (χ2n) is 4.83. The minimum atomic E-state index is 0.348. The topological polar surface area (TPSA) is 15.5 Å². The summed E-state index contributed by atoms with van der Waals surface area (Å²) >= 11 is 0. The monoisotopic (exact) mass is 231 g/mol. The van der Waals surface area contributed by atoms with Crippen molar-refractivity contribution in [3.63, 3.8) is 0 Å². The molecule has 1 aliphatic rings. The van der Waals surface area contributed by atoms with Gasteiger partial charge in [0, 0.05) is 0 Å². The van der Waals surface area contributed by atoms with E-state index in [0.29, 0.717) is 6.23 Å². The fourth-order valence-electron chi connectivity index (χ4n) is 1.91. The van der Waals surface area contributed by atoms with Crippen LogP contribution in [0.1, 0.15) is 38.7 Å². The summed E-state index contributed by atoms with van der Waals surface area (Å²) in [5.41, 5.74) is 2.72. The lowest BCUT2D eigenvalue weighted by atomic mass is 10.2. The number of unbranched alkanes of at least 4 members (excludes halogenated alkanes) is 1. The van der Waals surface area contributed by atoms with Crippen LogP contribution in [0.3, 0.4) is 0 Å². The van der Waals surface area contributed by atoms with Crippen molar-refractivity contribution in [1.29, 1.82) is 0 Å². The highest BCUT2D eigenvalue weighted by Crippen LogP contribution is 2.27. The molecule has 2 heteroatoms. The fraction of sp³-hybridized carbons (Fsp3) is 0.467. The first kappa shape index (κ1) is 12.3. The predicted molar refractivity (Wildman–Crippen MR) is 70.1 cm³/mol. The number of rotatable bonds is 6. The van der Waals surface area contributed by atoms with Crippen LogP contribution in [0.15, 0.2) is 42.0 Å². The Hall–Kier alpha value is -1.12. The van der Waals surface area contributed by atoms with Crippen molar-refractivity contribution in [2.75, 3.05) is 0 Å². The van der Waals surface area contributed by atoms with Crippen LogP contribution in [0.2, 0.25) is 0 Å². The molecule has 0 radical (unpaired) electrons. The largest absolute Gasteiger partial charge is 0.275 e. The Morgan fingerprint density at radius 3 is 2.76 bits per heavy atom. The summed E-state index contributed by atoms with van der Waals surface area (Å²) in [5, 5.41) is 2.07. The van der Waals surface area contributed by atoms with Crippen molar-refractivity contribution >= 4 is 0 Å². The van der Waals surface area contributed by atoms with Gasteiger partial charge in [0.2, 0.25) is 0 Å². The molecule has 92 valence electrons. The number of allylic oxidation sites excluding steroid dienone is 2. The van der Waals surface area contributed by atoms with Gasteiger partial charge in [0.15, 0.2) is 6.23 Å². The lowest BCUT2D eigenvalue weighted by Gasteiger charge is -1.98. The lowest BCUT2D eigenvalue weighted by Crippen LogP contribution is -2.01. The number of hydroxylamine groups is 2. The van der Waals surface area contributed by atoms with Gasteiger partial charge in [0.25, 0.3) is 0 Å². The first-order valence-electron chi connectivity index (χ1n) is 6.36. The van der Waals surface area contributed by atoms with Crippen molar-refractivity contribution in [2.45, 2.75) is 45.9 Å². The molecule has 2 unspecified atom stereocenters. The van der Waals surface area contributed by atoms with E-state index in [0.717, 1.165) is 13.0 Å². The maximum absolute atomic E-state index is 5.54. The minimum Gasteiger partial charge on any atom is -0.275 e. The van der Waals surface area contributed by atoms with Gasteiger partial charge >= 0.3 is 0 Å². The summed E-state index contributed by atoms with van der Waals surface area (Å²) in [6.45, 7) is 5.21. The molecule has 0 N–H and O–H groups in total. The van der Waals surface area contributed by atoms with Gasteiger partial charge < -0.3 is 0 Å². The van der Waals surface area contributed by atoms with Gasteiger partial charge in [0.1, 0.15) is 0 Å². The van der Waals surface area contributed by atoms with Crippen molar-refractivity contribution in [2.24, 2.45) is 0 Å². The summed E-state index contributed by atoms with van der Waals surface area (Å²) in [6.07, 6.45) is 6.16. The fourth-order valence-corrected chi connectivity index (χ4v) is 1.91.